The van der Waals surface area contributed by atoms with E-state index in [1.807, 2.05) is 13.2 Å². The van der Waals surface area contributed by atoms with Gasteiger partial charge in [0.25, 0.3) is 0 Å². The van der Waals surface area contributed by atoms with E-state index in [9.17, 15) is 4.79 Å². The van der Waals surface area contributed by atoms with Gasteiger partial charge in [-0.25, -0.2) is 4.98 Å². The molecule has 2 heterocycles. The number of aromatic nitrogens is 1. The van der Waals surface area contributed by atoms with Crippen molar-refractivity contribution in [2.24, 2.45) is 0 Å². The zero-order valence-corrected chi connectivity index (χ0v) is 15.1. The van der Waals surface area contributed by atoms with Gasteiger partial charge in [-0.05, 0) is 44.0 Å². The molecule has 0 aliphatic rings. The van der Waals surface area contributed by atoms with Gasteiger partial charge in [0.15, 0.2) is 5.78 Å². The van der Waals surface area contributed by atoms with Crippen LogP contribution in [-0.4, -0.2) is 17.8 Å². The molecule has 0 spiro atoms. The molecular weight excluding hydrogens is 292 g/mol. The van der Waals surface area contributed by atoms with Crippen molar-refractivity contribution in [2.75, 3.05) is 11.9 Å². The highest BCUT2D eigenvalue weighted by molar-refractivity contribution is 7.21. The highest BCUT2D eigenvalue weighted by Gasteiger charge is 2.22. The molecule has 0 N–H and O–H groups in total. The number of allylic oxidation sites excluding steroid dienone is 1. The topological polar surface area (TPSA) is 33.2 Å². The number of hydrogen-bond donors (Lipinski definition) is 0. The highest BCUT2D eigenvalue weighted by atomic mass is 32.1. The molecule has 118 valence electrons. The van der Waals surface area contributed by atoms with Gasteiger partial charge in [-0.3, -0.25) is 4.79 Å². The Kier molecular flexibility index (Phi) is 5.01. The maximum Gasteiger partial charge on any atom is 0.171 e. The van der Waals surface area contributed by atoms with Crippen LogP contribution >= 0.6 is 11.3 Å². The fraction of sp³-hybridized carbons (Fsp3) is 0.444. The van der Waals surface area contributed by atoms with E-state index < -0.39 is 0 Å². The van der Waals surface area contributed by atoms with Crippen LogP contribution in [0.25, 0.3) is 10.2 Å². The summed E-state index contributed by atoms with van der Waals surface area (Å²) in [6.07, 6.45) is 6.07. The molecule has 0 saturated carbocycles. The van der Waals surface area contributed by atoms with Gasteiger partial charge in [0.05, 0.1) is 10.6 Å². The summed E-state index contributed by atoms with van der Waals surface area (Å²) in [5.41, 5.74) is 4.61. The first kappa shape index (κ1) is 16.7. The van der Waals surface area contributed by atoms with Gasteiger partial charge in [0.2, 0.25) is 0 Å². The van der Waals surface area contributed by atoms with Crippen LogP contribution in [0.15, 0.2) is 12.3 Å². The summed E-state index contributed by atoms with van der Waals surface area (Å²) < 4.78 is 0. The van der Waals surface area contributed by atoms with Crippen molar-refractivity contribution in [3.05, 3.63) is 34.0 Å². The average Bonchev–Trinajstić information content (AvgIpc) is 2.84. The van der Waals surface area contributed by atoms with Gasteiger partial charge in [-0.15, -0.1) is 11.3 Å². The second kappa shape index (κ2) is 6.61. The van der Waals surface area contributed by atoms with Gasteiger partial charge >= 0.3 is 0 Å². The van der Waals surface area contributed by atoms with Crippen LogP contribution in [0, 0.1) is 13.8 Å². The lowest BCUT2D eigenvalue weighted by atomic mass is 10.0. The SMILES string of the molecule is CC/C=C\N(C)c1c(C(C)=O)sc2nc(C)c(CC)c(C)c12. The minimum atomic E-state index is 0.102. The Morgan fingerprint density at radius 2 is 2.00 bits per heavy atom. The van der Waals surface area contributed by atoms with Crippen LogP contribution < -0.4 is 4.90 Å². The zero-order valence-electron chi connectivity index (χ0n) is 14.3. The van der Waals surface area contributed by atoms with Crippen LogP contribution in [0.1, 0.15) is 53.7 Å². The van der Waals surface area contributed by atoms with E-state index >= 15 is 0 Å². The van der Waals surface area contributed by atoms with E-state index in [1.54, 1.807) is 6.92 Å². The summed E-state index contributed by atoms with van der Waals surface area (Å²) in [5.74, 6) is 0.102. The number of carbonyl (C=O) groups is 1. The normalized spacial score (nSPS) is 11.5. The standard InChI is InChI=1S/C18H24N2OS/c1-7-9-10-20(6)16-15-11(3)14(8-2)12(4)19-18(15)22-17(16)13(5)21/h9-10H,7-8H2,1-6H3/b10-9-. The fourth-order valence-electron chi connectivity index (χ4n) is 2.90. The van der Waals surface area contributed by atoms with Gasteiger partial charge in [-0.2, -0.15) is 0 Å². The maximum absolute atomic E-state index is 12.1. The highest BCUT2D eigenvalue weighted by Crippen LogP contribution is 2.41. The number of fused-ring (bicyclic) bond motifs is 1. The van der Waals surface area contributed by atoms with Crippen molar-refractivity contribution in [1.29, 1.82) is 0 Å². The van der Waals surface area contributed by atoms with Crippen molar-refractivity contribution in [1.82, 2.24) is 4.98 Å². The molecule has 3 nitrogen and oxygen atoms in total. The Labute approximate surface area is 136 Å². The minimum absolute atomic E-state index is 0.102. The van der Waals surface area contributed by atoms with Crippen molar-refractivity contribution in [3.8, 4) is 0 Å². The lowest BCUT2D eigenvalue weighted by molar-refractivity contribution is 0.102. The van der Waals surface area contributed by atoms with E-state index in [0.29, 0.717) is 0 Å². The summed E-state index contributed by atoms with van der Waals surface area (Å²) in [6.45, 7) is 10.1. The zero-order chi connectivity index (χ0) is 16.4. The molecule has 0 atom stereocenters. The number of Topliss-reactive ketones (excluding diaryl/α,β-unsaturated/α-hetero) is 1. The van der Waals surface area contributed by atoms with E-state index in [1.165, 1.54) is 22.5 Å². The fourth-order valence-corrected chi connectivity index (χ4v) is 4.12. The summed E-state index contributed by atoms with van der Waals surface area (Å²) in [4.78, 5) is 20.7. The lowest BCUT2D eigenvalue weighted by Gasteiger charge is -2.17. The molecule has 0 aliphatic heterocycles. The Morgan fingerprint density at radius 3 is 2.55 bits per heavy atom. The van der Waals surface area contributed by atoms with Crippen molar-refractivity contribution in [3.63, 3.8) is 0 Å². The Hall–Kier alpha value is -1.68. The molecule has 4 heteroatoms. The second-order valence-electron chi connectivity index (χ2n) is 5.57. The first-order valence-corrected chi connectivity index (χ1v) is 8.56. The number of thiophene rings is 1. The third-order valence-electron chi connectivity index (χ3n) is 3.99. The lowest BCUT2D eigenvalue weighted by Crippen LogP contribution is -2.11. The summed E-state index contributed by atoms with van der Waals surface area (Å²) >= 11 is 1.51. The number of anilines is 1. The Bertz CT molecular complexity index is 743. The van der Waals surface area contributed by atoms with Crippen LogP contribution in [-0.2, 0) is 6.42 Å². The number of carbonyl (C=O) groups excluding carboxylic acids is 1. The molecule has 0 aromatic carbocycles. The third-order valence-corrected chi connectivity index (χ3v) is 5.16. The molecule has 2 aromatic rings. The molecule has 0 bridgehead atoms. The van der Waals surface area contributed by atoms with E-state index in [0.717, 1.165) is 39.3 Å². The van der Waals surface area contributed by atoms with Crippen LogP contribution in [0.4, 0.5) is 5.69 Å². The van der Waals surface area contributed by atoms with E-state index in [4.69, 9.17) is 4.98 Å². The van der Waals surface area contributed by atoms with Crippen molar-refractivity contribution < 1.29 is 4.79 Å². The molecule has 22 heavy (non-hydrogen) atoms. The molecule has 0 amide bonds. The van der Waals surface area contributed by atoms with Gasteiger partial charge < -0.3 is 4.90 Å². The molecule has 0 unspecified atom stereocenters. The van der Waals surface area contributed by atoms with Gasteiger partial charge in [0.1, 0.15) is 4.83 Å². The largest absolute Gasteiger partial charge is 0.350 e. The van der Waals surface area contributed by atoms with E-state index in [-0.39, 0.29) is 5.78 Å². The van der Waals surface area contributed by atoms with Gasteiger partial charge in [-0.1, -0.05) is 19.9 Å². The molecular formula is C18H24N2OS. The Morgan fingerprint density at radius 1 is 1.32 bits per heavy atom. The molecule has 2 aromatic heterocycles. The summed E-state index contributed by atoms with van der Waals surface area (Å²) in [5, 5.41) is 1.13. The second-order valence-corrected chi connectivity index (χ2v) is 6.57. The molecule has 2 rings (SSSR count). The number of hydrogen-bond acceptors (Lipinski definition) is 4. The van der Waals surface area contributed by atoms with Gasteiger partial charge in [0, 0.05) is 25.1 Å². The monoisotopic (exact) mass is 316 g/mol. The number of aryl methyl sites for hydroxylation is 2. The predicted molar refractivity (Wildman–Crippen MR) is 96.3 cm³/mol. The maximum atomic E-state index is 12.1. The quantitative estimate of drug-likeness (QED) is 0.725. The predicted octanol–water partition coefficient (Wildman–Crippen LogP) is 5.04. The van der Waals surface area contributed by atoms with Crippen LogP contribution in [0.5, 0.6) is 0 Å². The molecule has 0 radical (unpaired) electrons. The number of nitrogens with zero attached hydrogens (tertiary/aromatic N) is 2. The third kappa shape index (κ3) is 2.80. The van der Waals surface area contributed by atoms with Crippen molar-refractivity contribution >= 4 is 33.0 Å². The number of pyridine rings is 1. The first-order valence-electron chi connectivity index (χ1n) is 7.75. The number of ketones is 1. The number of rotatable bonds is 5. The van der Waals surface area contributed by atoms with E-state index in [2.05, 4.69) is 38.7 Å². The smallest absolute Gasteiger partial charge is 0.171 e. The average molecular weight is 316 g/mol. The summed E-state index contributed by atoms with van der Waals surface area (Å²) in [6, 6.07) is 0. The van der Waals surface area contributed by atoms with Crippen molar-refractivity contribution in [2.45, 2.75) is 47.5 Å². The Balaban J connectivity index is 2.83. The minimum Gasteiger partial charge on any atom is -0.350 e. The summed E-state index contributed by atoms with van der Waals surface area (Å²) in [7, 11) is 2.00. The van der Waals surface area contributed by atoms with Crippen LogP contribution in [0.2, 0.25) is 0 Å². The molecule has 0 fully saturated rings. The van der Waals surface area contributed by atoms with Crippen LogP contribution in [0.3, 0.4) is 0 Å². The first-order chi connectivity index (χ1) is 10.4. The molecule has 0 aliphatic carbocycles. The molecule has 0 saturated heterocycles.